The van der Waals surface area contributed by atoms with Gasteiger partial charge in [0.25, 0.3) is 0 Å². The van der Waals surface area contributed by atoms with Gasteiger partial charge in [0.1, 0.15) is 12.6 Å². The fraction of sp³-hybridized carbons (Fsp3) is 0.500. The quantitative estimate of drug-likeness (QED) is 0.822. The lowest BCUT2D eigenvalue weighted by atomic mass is 10.2. The van der Waals surface area contributed by atoms with E-state index in [4.69, 9.17) is 10.5 Å². The number of aryl methyl sites for hydroxylation is 1. The Bertz CT molecular complexity index is 475. The molecule has 1 fully saturated rings. The highest BCUT2D eigenvalue weighted by Gasteiger charge is 2.37. The van der Waals surface area contributed by atoms with Gasteiger partial charge < -0.3 is 15.8 Å². The van der Waals surface area contributed by atoms with Crippen molar-refractivity contribution in [2.24, 2.45) is 5.73 Å². The van der Waals surface area contributed by atoms with Gasteiger partial charge in [-0.3, -0.25) is 9.69 Å². The summed E-state index contributed by atoms with van der Waals surface area (Å²) in [7, 11) is 0. The van der Waals surface area contributed by atoms with E-state index in [-0.39, 0.29) is 12.5 Å². The van der Waals surface area contributed by atoms with Crippen molar-refractivity contribution in [3.05, 3.63) is 21.9 Å². The lowest BCUT2D eigenvalue weighted by molar-refractivity contribution is -0.124. The van der Waals surface area contributed by atoms with Crippen LogP contribution in [0.2, 0.25) is 0 Å². The molecule has 19 heavy (non-hydrogen) atoms. The molecule has 1 saturated heterocycles. The molecule has 0 saturated carbocycles. The van der Waals surface area contributed by atoms with Gasteiger partial charge in [0.2, 0.25) is 5.91 Å². The average Bonchev–Trinajstić information content (AvgIpc) is 2.95. The molecule has 7 heteroatoms. The highest BCUT2D eigenvalue weighted by molar-refractivity contribution is 7.11. The topological polar surface area (TPSA) is 84.7 Å². The Balaban J connectivity index is 2.03. The Morgan fingerprint density at radius 2 is 2.42 bits per heavy atom. The van der Waals surface area contributed by atoms with Crippen molar-refractivity contribution in [2.75, 3.05) is 19.7 Å². The molecule has 6 nitrogen and oxygen atoms in total. The molecule has 3 N–H and O–H groups in total. The van der Waals surface area contributed by atoms with Crippen molar-refractivity contribution in [3.63, 3.8) is 0 Å². The highest BCUT2D eigenvalue weighted by atomic mass is 32.1. The summed E-state index contributed by atoms with van der Waals surface area (Å²) < 4.78 is 4.96. The van der Waals surface area contributed by atoms with Crippen molar-refractivity contribution in [3.8, 4) is 0 Å². The zero-order chi connectivity index (χ0) is 13.8. The monoisotopic (exact) mass is 283 g/mol. The Hall–Kier alpha value is -1.60. The first-order chi connectivity index (χ1) is 9.11. The zero-order valence-corrected chi connectivity index (χ0v) is 11.5. The van der Waals surface area contributed by atoms with Crippen LogP contribution in [0, 0.1) is 6.92 Å². The molecular weight excluding hydrogens is 266 g/mol. The number of nitrogens with one attached hydrogen (secondary N) is 1. The maximum Gasteiger partial charge on any atom is 0.410 e. The normalized spacial score (nSPS) is 18.5. The maximum absolute atomic E-state index is 11.9. The summed E-state index contributed by atoms with van der Waals surface area (Å²) in [5, 5.41) is 2.68. The van der Waals surface area contributed by atoms with Crippen molar-refractivity contribution in [1.29, 1.82) is 0 Å². The van der Waals surface area contributed by atoms with Crippen LogP contribution >= 0.6 is 11.3 Å². The van der Waals surface area contributed by atoms with Crippen molar-refractivity contribution < 1.29 is 14.3 Å². The van der Waals surface area contributed by atoms with Gasteiger partial charge in [0, 0.05) is 22.8 Å². The van der Waals surface area contributed by atoms with Crippen molar-refractivity contribution in [1.82, 2.24) is 10.2 Å². The number of carbonyl (C=O) groups is 2. The minimum Gasteiger partial charge on any atom is -0.447 e. The van der Waals surface area contributed by atoms with Crippen LogP contribution in [0.15, 0.2) is 12.1 Å². The molecule has 0 spiro atoms. The van der Waals surface area contributed by atoms with Crippen LogP contribution in [-0.2, 0) is 16.1 Å². The van der Waals surface area contributed by atoms with Crippen LogP contribution in [-0.4, -0.2) is 42.6 Å². The van der Waals surface area contributed by atoms with Crippen LogP contribution in [0.25, 0.3) is 0 Å². The average molecular weight is 283 g/mol. The second-order valence-electron chi connectivity index (χ2n) is 4.31. The van der Waals surface area contributed by atoms with E-state index in [0.29, 0.717) is 19.6 Å². The van der Waals surface area contributed by atoms with E-state index in [9.17, 15) is 9.59 Å². The van der Waals surface area contributed by atoms with Gasteiger partial charge in [-0.15, -0.1) is 11.3 Å². The van der Waals surface area contributed by atoms with E-state index >= 15 is 0 Å². The van der Waals surface area contributed by atoms with Gasteiger partial charge in [-0.05, 0) is 19.1 Å². The molecule has 0 aliphatic carbocycles. The number of nitrogens with two attached hydrogens (primary N) is 1. The summed E-state index contributed by atoms with van der Waals surface area (Å²) in [6.07, 6.45) is -0.445. The molecular formula is C12H17N3O3S. The largest absolute Gasteiger partial charge is 0.447 e. The molecule has 104 valence electrons. The number of amides is 2. The Labute approximate surface area is 115 Å². The minimum absolute atomic E-state index is 0.0968. The summed E-state index contributed by atoms with van der Waals surface area (Å²) >= 11 is 1.61. The van der Waals surface area contributed by atoms with Gasteiger partial charge in [-0.2, -0.15) is 0 Å². The molecule has 0 unspecified atom stereocenters. The van der Waals surface area contributed by atoms with E-state index in [0.717, 1.165) is 4.88 Å². The summed E-state index contributed by atoms with van der Waals surface area (Å²) in [6, 6.07) is 3.38. The summed E-state index contributed by atoms with van der Waals surface area (Å²) in [4.78, 5) is 27.3. The standard InChI is InChI=1S/C12H17N3O3S/c1-8-2-3-9(19-8)6-15-10(7-18-12(15)17)11(16)14-5-4-13/h2-3,10H,4-7,13H2,1H3,(H,14,16)/t10-/m0/s1. The molecule has 1 aromatic rings. The van der Waals surface area contributed by atoms with Crippen LogP contribution in [0.5, 0.6) is 0 Å². The Morgan fingerprint density at radius 3 is 3.05 bits per heavy atom. The molecule has 2 heterocycles. The van der Waals surface area contributed by atoms with E-state index in [1.54, 1.807) is 11.3 Å². The molecule has 0 bridgehead atoms. The highest BCUT2D eigenvalue weighted by Crippen LogP contribution is 2.21. The molecule has 2 amide bonds. The lowest BCUT2D eigenvalue weighted by Crippen LogP contribution is -2.46. The molecule has 0 aromatic carbocycles. The van der Waals surface area contributed by atoms with Crippen LogP contribution in [0.3, 0.4) is 0 Å². The third-order valence-corrected chi connectivity index (χ3v) is 3.83. The maximum atomic E-state index is 11.9. The van der Waals surface area contributed by atoms with Crippen LogP contribution < -0.4 is 11.1 Å². The zero-order valence-electron chi connectivity index (χ0n) is 10.7. The van der Waals surface area contributed by atoms with E-state index in [1.165, 1.54) is 9.78 Å². The third-order valence-electron chi connectivity index (χ3n) is 2.84. The molecule has 1 atom stereocenters. The smallest absolute Gasteiger partial charge is 0.410 e. The number of cyclic esters (lactones) is 1. The first kappa shape index (κ1) is 13.8. The molecule has 1 aromatic heterocycles. The molecule has 1 aliphatic heterocycles. The van der Waals surface area contributed by atoms with Gasteiger partial charge in [-0.1, -0.05) is 0 Å². The molecule has 1 aliphatic rings. The van der Waals surface area contributed by atoms with E-state index in [2.05, 4.69) is 5.32 Å². The van der Waals surface area contributed by atoms with E-state index in [1.807, 2.05) is 19.1 Å². The number of carbonyl (C=O) groups excluding carboxylic acids is 2. The molecule has 2 rings (SSSR count). The van der Waals surface area contributed by atoms with Crippen molar-refractivity contribution >= 4 is 23.3 Å². The summed E-state index contributed by atoms with van der Waals surface area (Å²) in [6.45, 7) is 3.27. The number of thiophene rings is 1. The van der Waals surface area contributed by atoms with Crippen LogP contribution in [0.1, 0.15) is 9.75 Å². The number of hydrogen-bond acceptors (Lipinski definition) is 5. The fourth-order valence-corrected chi connectivity index (χ4v) is 2.78. The second kappa shape index (κ2) is 6.03. The Kier molecular flexibility index (Phi) is 4.39. The first-order valence-electron chi connectivity index (χ1n) is 6.08. The number of ether oxygens (including phenoxy) is 1. The molecule has 0 radical (unpaired) electrons. The lowest BCUT2D eigenvalue weighted by Gasteiger charge is -2.19. The SMILES string of the molecule is Cc1ccc(CN2C(=O)OC[C@H]2C(=O)NCCN)s1. The fourth-order valence-electron chi connectivity index (χ4n) is 1.89. The summed E-state index contributed by atoms with van der Waals surface area (Å²) in [5.41, 5.74) is 5.34. The first-order valence-corrected chi connectivity index (χ1v) is 6.90. The second-order valence-corrected chi connectivity index (χ2v) is 5.69. The van der Waals surface area contributed by atoms with Crippen LogP contribution in [0.4, 0.5) is 4.79 Å². The van der Waals surface area contributed by atoms with Gasteiger partial charge >= 0.3 is 6.09 Å². The summed E-state index contributed by atoms with van der Waals surface area (Å²) in [5.74, 6) is -0.218. The third kappa shape index (κ3) is 3.24. The van der Waals surface area contributed by atoms with E-state index < -0.39 is 12.1 Å². The van der Waals surface area contributed by atoms with Gasteiger partial charge in [0.15, 0.2) is 0 Å². The number of hydrogen-bond donors (Lipinski definition) is 2. The van der Waals surface area contributed by atoms with Gasteiger partial charge in [-0.25, -0.2) is 4.79 Å². The Morgan fingerprint density at radius 1 is 1.63 bits per heavy atom. The number of rotatable bonds is 5. The van der Waals surface area contributed by atoms with Gasteiger partial charge in [0.05, 0.1) is 6.54 Å². The predicted octanol–water partition coefficient (Wildman–Crippen LogP) is 0.452. The van der Waals surface area contributed by atoms with Crippen molar-refractivity contribution in [2.45, 2.75) is 19.5 Å². The minimum atomic E-state index is -0.568. The predicted molar refractivity (Wildman–Crippen MR) is 71.8 cm³/mol. The number of nitrogens with zero attached hydrogens (tertiary/aromatic N) is 1.